The minimum Gasteiger partial charge on any atom is -0.354 e. The maximum Gasteiger partial charge on any atom is 0.264 e. The van der Waals surface area contributed by atoms with Crippen LogP contribution in [0.25, 0.3) is 0 Å². The molecule has 0 heterocycles. The lowest BCUT2D eigenvalue weighted by Gasteiger charge is -2.24. The quantitative estimate of drug-likeness (QED) is 0.395. The van der Waals surface area contributed by atoms with Crippen LogP contribution >= 0.6 is 23.4 Å². The van der Waals surface area contributed by atoms with Crippen LogP contribution in [0.2, 0.25) is 5.02 Å². The topological polar surface area (TPSA) is 66.5 Å². The van der Waals surface area contributed by atoms with Crippen molar-refractivity contribution in [1.82, 2.24) is 5.32 Å². The molecule has 0 aliphatic rings. The highest BCUT2D eigenvalue weighted by molar-refractivity contribution is 7.98. The van der Waals surface area contributed by atoms with E-state index in [1.807, 2.05) is 0 Å². The van der Waals surface area contributed by atoms with Crippen LogP contribution < -0.4 is 9.62 Å². The minimum absolute atomic E-state index is 0.0571. The number of thioether (sulfide) groups is 1. The summed E-state index contributed by atoms with van der Waals surface area (Å²) in [4.78, 5) is 12.5. The molecule has 0 aromatic heterocycles. The van der Waals surface area contributed by atoms with Gasteiger partial charge in [-0.25, -0.2) is 17.2 Å². The van der Waals surface area contributed by atoms with Crippen LogP contribution in [0.4, 0.5) is 14.5 Å². The molecule has 0 saturated carbocycles. The summed E-state index contributed by atoms with van der Waals surface area (Å²) in [7, 11) is -4.18. The number of hydrogen-bond acceptors (Lipinski definition) is 4. The molecule has 0 aliphatic heterocycles. The molecule has 174 valence electrons. The summed E-state index contributed by atoms with van der Waals surface area (Å²) in [5.41, 5.74) is 0.162. The number of anilines is 1. The third-order valence-corrected chi connectivity index (χ3v) is 7.73. The second kappa shape index (κ2) is 11.5. The van der Waals surface area contributed by atoms with E-state index in [9.17, 15) is 22.0 Å². The summed E-state index contributed by atoms with van der Waals surface area (Å²) in [6, 6.07) is 17.3. The Hall–Kier alpha value is -2.62. The molecule has 5 nitrogen and oxygen atoms in total. The summed E-state index contributed by atoms with van der Waals surface area (Å²) >= 11 is 7.36. The van der Waals surface area contributed by atoms with Gasteiger partial charge in [0.05, 0.1) is 10.6 Å². The summed E-state index contributed by atoms with van der Waals surface area (Å²) in [6.45, 7) is -0.381. The van der Waals surface area contributed by atoms with Crippen LogP contribution in [0.15, 0.2) is 77.7 Å². The molecule has 3 aromatic carbocycles. The molecule has 0 saturated heterocycles. The van der Waals surface area contributed by atoms with Gasteiger partial charge in [0.1, 0.15) is 18.2 Å². The largest absolute Gasteiger partial charge is 0.354 e. The van der Waals surface area contributed by atoms with Crippen molar-refractivity contribution in [2.45, 2.75) is 10.6 Å². The van der Waals surface area contributed by atoms with Crippen molar-refractivity contribution < 1.29 is 22.0 Å². The average Bonchev–Trinajstić information content (AvgIpc) is 2.80. The van der Waals surface area contributed by atoms with Gasteiger partial charge in [0.25, 0.3) is 10.0 Å². The fraction of sp³-hybridized carbons (Fsp3) is 0.174. The van der Waals surface area contributed by atoms with Crippen molar-refractivity contribution in [2.75, 3.05) is 23.1 Å². The molecule has 0 aliphatic carbocycles. The Morgan fingerprint density at radius 2 is 1.61 bits per heavy atom. The smallest absolute Gasteiger partial charge is 0.264 e. The van der Waals surface area contributed by atoms with Crippen molar-refractivity contribution >= 4 is 45.0 Å². The van der Waals surface area contributed by atoms with Gasteiger partial charge in [-0.1, -0.05) is 48.0 Å². The Labute approximate surface area is 200 Å². The van der Waals surface area contributed by atoms with Crippen LogP contribution in [0.3, 0.4) is 0 Å². The predicted octanol–water partition coefficient (Wildman–Crippen LogP) is 4.86. The first kappa shape index (κ1) is 25.0. The molecule has 3 aromatic rings. The molecule has 1 amide bonds. The third-order valence-electron chi connectivity index (χ3n) is 4.62. The lowest BCUT2D eigenvalue weighted by Crippen LogP contribution is -2.41. The fourth-order valence-electron chi connectivity index (χ4n) is 2.97. The fourth-order valence-corrected chi connectivity index (χ4v) is 5.61. The van der Waals surface area contributed by atoms with Gasteiger partial charge >= 0.3 is 0 Å². The molecule has 0 bridgehead atoms. The average molecular weight is 511 g/mol. The number of halogens is 3. The zero-order chi connectivity index (χ0) is 23.8. The van der Waals surface area contributed by atoms with E-state index in [-0.39, 0.29) is 17.1 Å². The van der Waals surface area contributed by atoms with Gasteiger partial charge in [-0.05, 0) is 36.4 Å². The van der Waals surface area contributed by atoms with Gasteiger partial charge in [-0.2, -0.15) is 11.8 Å². The van der Waals surface area contributed by atoms with Crippen molar-refractivity contribution in [3.63, 3.8) is 0 Å². The summed E-state index contributed by atoms with van der Waals surface area (Å²) < 4.78 is 55.3. The van der Waals surface area contributed by atoms with E-state index in [1.54, 1.807) is 24.3 Å². The second-order valence-corrected chi connectivity index (χ2v) is 10.3. The molecule has 3 rings (SSSR count). The van der Waals surface area contributed by atoms with Crippen LogP contribution in [0, 0.1) is 11.6 Å². The van der Waals surface area contributed by atoms with E-state index in [0.29, 0.717) is 22.1 Å². The second-order valence-electron chi connectivity index (χ2n) is 6.88. The lowest BCUT2D eigenvalue weighted by molar-refractivity contribution is -0.119. The molecule has 1 N–H and O–H groups in total. The molecule has 0 unspecified atom stereocenters. The molecular formula is C23H21ClF2N2O3S2. The number of rotatable bonds is 10. The first-order valence-corrected chi connectivity index (χ1v) is 12.9. The highest BCUT2D eigenvalue weighted by atomic mass is 35.5. The number of sulfonamides is 1. The van der Waals surface area contributed by atoms with E-state index in [0.717, 1.165) is 10.4 Å². The van der Waals surface area contributed by atoms with E-state index in [1.165, 1.54) is 54.2 Å². The van der Waals surface area contributed by atoms with Crippen molar-refractivity contribution in [1.29, 1.82) is 0 Å². The van der Waals surface area contributed by atoms with E-state index < -0.39 is 34.1 Å². The van der Waals surface area contributed by atoms with E-state index in [4.69, 9.17) is 11.6 Å². The van der Waals surface area contributed by atoms with Gasteiger partial charge < -0.3 is 5.32 Å². The number of nitrogens with one attached hydrogen (secondary N) is 1. The molecule has 0 atom stereocenters. The normalized spacial score (nSPS) is 11.2. The number of para-hydroxylation sites is 1. The van der Waals surface area contributed by atoms with E-state index >= 15 is 0 Å². The van der Waals surface area contributed by atoms with Gasteiger partial charge in [0.15, 0.2) is 0 Å². The van der Waals surface area contributed by atoms with E-state index in [2.05, 4.69) is 5.32 Å². The van der Waals surface area contributed by atoms with Crippen molar-refractivity contribution in [3.8, 4) is 0 Å². The van der Waals surface area contributed by atoms with Crippen LogP contribution in [0.5, 0.6) is 0 Å². The maximum atomic E-state index is 14.4. The molecule has 0 fully saturated rings. The number of carbonyl (C=O) groups excluding carboxylic acids is 1. The molecule has 33 heavy (non-hydrogen) atoms. The standard InChI is InChI=1S/C23H21ClF2N2O3S2/c24-19-9-6-11-20(25)18(19)16-32-14-13-27-23(29)15-28(22-12-5-4-10-21(22)26)33(30,31)17-7-2-1-3-8-17/h1-12H,13-16H2,(H,27,29). The Kier molecular flexibility index (Phi) is 8.71. The van der Waals surface area contributed by atoms with Gasteiger partial charge in [0, 0.05) is 28.6 Å². The number of amides is 1. The SMILES string of the molecule is O=C(CN(c1ccccc1F)S(=O)(=O)c1ccccc1)NCCSCc1c(F)cccc1Cl. The number of carbonyl (C=O) groups is 1. The lowest BCUT2D eigenvalue weighted by atomic mass is 10.2. The zero-order valence-electron chi connectivity index (χ0n) is 17.4. The Morgan fingerprint density at radius 3 is 2.30 bits per heavy atom. The van der Waals surface area contributed by atoms with Gasteiger partial charge in [0.2, 0.25) is 5.91 Å². The predicted molar refractivity (Wildman–Crippen MR) is 128 cm³/mol. The molecule has 10 heteroatoms. The Balaban J connectivity index is 1.64. The molecule has 0 spiro atoms. The summed E-state index contributed by atoms with van der Waals surface area (Å²) in [5.74, 6) is -0.984. The highest BCUT2D eigenvalue weighted by Gasteiger charge is 2.28. The number of hydrogen-bond donors (Lipinski definition) is 1. The third kappa shape index (κ3) is 6.46. The minimum atomic E-state index is -4.18. The molecule has 0 radical (unpaired) electrons. The monoisotopic (exact) mass is 510 g/mol. The first-order chi connectivity index (χ1) is 15.8. The molecular weight excluding hydrogens is 490 g/mol. The van der Waals surface area contributed by atoms with Crippen LogP contribution in [0.1, 0.15) is 5.56 Å². The first-order valence-electron chi connectivity index (χ1n) is 9.90. The summed E-state index contributed by atoms with van der Waals surface area (Å²) in [5, 5.41) is 2.96. The van der Waals surface area contributed by atoms with Gasteiger partial charge in [-0.15, -0.1) is 0 Å². The maximum absolute atomic E-state index is 14.4. The number of nitrogens with zero attached hydrogens (tertiary/aromatic N) is 1. The van der Waals surface area contributed by atoms with Gasteiger partial charge in [-0.3, -0.25) is 9.10 Å². The van der Waals surface area contributed by atoms with Crippen LogP contribution in [-0.4, -0.2) is 33.2 Å². The zero-order valence-corrected chi connectivity index (χ0v) is 19.8. The number of benzene rings is 3. The Bertz CT molecular complexity index is 1190. The van der Waals surface area contributed by atoms with Crippen molar-refractivity contribution in [3.05, 3.63) is 95.0 Å². The highest BCUT2D eigenvalue weighted by Crippen LogP contribution is 2.26. The van der Waals surface area contributed by atoms with Crippen LogP contribution in [-0.2, 0) is 20.6 Å². The van der Waals surface area contributed by atoms with Crippen molar-refractivity contribution in [2.24, 2.45) is 0 Å². The Morgan fingerprint density at radius 1 is 0.939 bits per heavy atom. The summed E-state index contributed by atoms with van der Waals surface area (Å²) in [6.07, 6.45) is 0.